The highest BCUT2D eigenvalue weighted by atomic mass is 32.2. The highest BCUT2D eigenvalue weighted by molar-refractivity contribution is 7.99. The van der Waals surface area contributed by atoms with E-state index in [0.29, 0.717) is 5.54 Å². The lowest BCUT2D eigenvalue weighted by atomic mass is 9.81. The minimum absolute atomic E-state index is 0.298. The van der Waals surface area contributed by atoms with Gasteiger partial charge in [-0.3, -0.25) is 4.90 Å². The molecule has 2 N–H and O–H groups in total. The van der Waals surface area contributed by atoms with Crippen LogP contribution in [0.2, 0.25) is 0 Å². The Morgan fingerprint density at radius 1 is 1.28 bits per heavy atom. The van der Waals surface area contributed by atoms with Crippen LogP contribution in [0.15, 0.2) is 0 Å². The smallest absolute Gasteiger partial charge is 0.0422 e. The predicted octanol–water partition coefficient (Wildman–Crippen LogP) is 3.11. The van der Waals surface area contributed by atoms with Gasteiger partial charge in [-0.15, -0.1) is 0 Å². The van der Waals surface area contributed by atoms with Crippen LogP contribution in [-0.2, 0) is 0 Å². The van der Waals surface area contributed by atoms with E-state index >= 15 is 0 Å². The van der Waals surface area contributed by atoms with Crippen LogP contribution in [0.3, 0.4) is 0 Å². The lowest BCUT2D eigenvalue weighted by Gasteiger charge is -2.49. The SMILES string of the molecule is CCC1CCC(N(C)C2(CN)CCCSC2)CC1. The fraction of sp³-hybridized carbons (Fsp3) is 1.00. The number of rotatable bonds is 4. The molecule has 106 valence electrons. The average Bonchev–Trinajstić information content (AvgIpc) is 2.47. The van der Waals surface area contributed by atoms with Gasteiger partial charge in [0.05, 0.1) is 0 Å². The van der Waals surface area contributed by atoms with E-state index in [4.69, 9.17) is 5.73 Å². The van der Waals surface area contributed by atoms with Crippen molar-refractivity contribution >= 4 is 11.8 Å². The molecule has 1 saturated heterocycles. The lowest BCUT2D eigenvalue weighted by Crippen LogP contribution is -2.59. The Labute approximate surface area is 117 Å². The van der Waals surface area contributed by atoms with Crippen molar-refractivity contribution in [2.75, 3.05) is 25.1 Å². The molecule has 1 atom stereocenters. The molecule has 0 aromatic rings. The van der Waals surface area contributed by atoms with E-state index in [1.807, 2.05) is 0 Å². The molecule has 1 unspecified atom stereocenters. The molecular weight excluding hydrogens is 240 g/mol. The Hall–Kier alpha value is 0.270. The molecule has 0 amide bonds. The summed E-state index contributed by atoms with van der Waals surface area (Å²) in [6.45, 7) is 3.18. The van der Waals surface area contributed by atoms with Crippen molar-refractivity contribution in [3.05, 3.63) is 0 Å². The van der Waals surface area contributed by atoms with Gasteiger partial charge < -0.3 is 5.73 Å². The van der Waals surface area contributed by atoms with Crippen LogP contribution in [0.1, 0.15) is 51.9 Å². The highest BCUT2D eigenvalue weighted by Crippen LogP contribution is 2.36. The molecule has 1 aliphatic carbocycles. The van der Waals surface area contributed by atoms with E-state index in [1.54, 1.807) is 0 Å². The van der Waals surface area contributed by atoms with E-state index in [9.17, 15) is 0 Å². The monoisotopic (exact) mass is 270 g/mol. The van der Waals surface area contributed by atoms with Gasteiger partial charge in [-0.25, -0.2) is 0 Å². The Bertz CT molecular complexity index is 243. The second-order valence-corrected chi connectivity index (χ2v) is 7.38. The molecule has 0 radical (unpaired) electrons. The lowest BCUT2D eigenvalue weighted by molar-refractivity contribution is 0.0554. The number of likely N-dealkylation sites (N-methyl/N-ethyl adjacent to an activating group) is 1. The third-order valence-corrected chi connectivity index (χ3v) is 6.69. The van der Waals surface area contributed by atoms with Gasteiger partial charge >= 0.3 is 0 Å². The fourth-order valence-electron chi connectivity index (χ4n) is 3.75. The van der Waals surface area contributed by atoms with Gasteiger partial charge in [-0.05, 0) is 57.2 Å². The Kier molecular flexibility index (Phi) is 5.40. The molecule has 2 aliphatic rings. The Morgan fingerprint density at radius 3 is 2.50 bits per heavy atom. The molecule has 2 fully saturated rings. The molecule has 1 aliphatic heterocycles. The third-order valence-electron chi connectivity index (χ3n) is 5.37. The van der Waals surface area contributed by atoms with Crippen LogP contribution in [0.5, 0.6) is 0 Å². The van der Waals surface area contributed by atoms with Gasteiger partial charge in [0.1, 0.15) is 0 Å². The predicted molar refractivity (Wildman–Crippen MR) is 82.1 cm³/mol. The van der Waals surface area contributed by atoms with Crippen LogP contribution in [0.4, 0.5) is 0 Å². The Morgan fingerprint density at radius 2 is 2.00 bits per heavy atom. The molecule has 0 bridgehead atoms. The first kappa shape index (κ1) is 14.7. The van der Waals surface area contributed by atoms with Crippen LogP contribution in [0.25, 0.3) is 0 Å². The average molecular weight is 270 g/mol. The van der Waals surface area contributed by atoms with Crippen molar-refractivity contribution in [1.82, 2.24) is 4.90 Å². The zero-order chi connectivity index (χ0) is 13.0. The van der Waals surface area contributed by atoms with Gasteiger partial charge in [0.2, 0.25) is 0 Å². The fourth-order valence-corrected chi connectivity index (χ4v) is 5.09. The number of nitrogens with two attached hydrogens (primary N) is 1. The van der Waals surface area contributed by atoms with Crippen LogP contribution < -0.4 is 5.73 Å². The molecule has 18 heavy (non-hydrogen) atoms. The molecule has 0 spiro atoms. The number of hydrogen-bond acceptors (Lipinski definition) is 3. The summed E-state index contributed by atoms with van der Waals surface area (Å²) in [6.07, 6.45) is 9.66. The first-order valence-corrected chi connectivity index (χ1v) is 8.88. The van der Waals surface area contributed by atoms with Crippen molar-refractivity contribution in [2.24, 2.45) is 11.7 Å². The second kappa shape index (κ2) is 6.62. The maximum absolute atomic E-state index is 6.14. The van der Waals surface area contributed by atoms with Crippen LogP contribution in [0, 0.1) is 5.92 Å². The summed E-state index contributed by atoms with van der Waals surface area (Å²) in [5.41, 5.74) is 6.44. The van der Waals surface area contributed by atoms with Crippen molar-refractivity contribution in [3.63, 3.8) is 0 Å². The van der Waals surface area contributed by atoms with Gasteiger partial charge in [0.15, 0.2) is 0 Å². The van der Waals surface area contributed by atoms with Gasteiger partial charge in [-0.2, -0.15) is 11.8 Å². The normalized spacial score (nSPS) is 38.0. The van der Waals surface area contributed by atoms with E-state index < -0.39 is 0 Å². The van der Waals surface area contributed by atoms with Crippen molar-refractivity contribution in [2.45, 2.75) is 63.5 Å². The zero-order valence-corrected chi connectivity index (χ0v) is 13.0. The van der Waals surface area contributed by atoms with E-state index in [-0.39, 0.29) is 0 Å². The van der Waals surface area contributed by atoms with Gasteiger partial charge in [0, 0.05) is 23.9 Å². The molecule has 0 aromatic carbocycles. The Balaban J connectivity index is 1.94. The molecule has 2 nitrogen and oxygen atoms in total. The van der Waals surface area contributed by atoms with Gasteiger partial charge in [0.25, 0.3) is 0 Å². The highest BCUT2D eigenvalue weighted by Gasteiger charge is 2.39. The summed E-state index contributed by atoms with van der Waals surface area (Å²) >= 11 is 2.10. The minimum Gasteiger partial charge on any atom is -0.329 e. The zero-order valence-electron chi connectivity index (χ0n) is 12.2. The molecule has 1 heterocycles. The summed E-state index contributed by atoms with van der Waals surface area (Å²) in [6, 6.07) is 0.787. The van der Waals surface area contributed by atoms with Crippen LogP contribution in [-0.4, -0.2) is 41.6 Å². The number of thioether (sulfide) groups is 1. The number of nitrogens with zero attached hydrogens (tertiary/aromatic N) is 1. The maximum Gasteiger partial charge on any atom is 0.0422 e. The van der Waals surface area contributed by atoms with Crippen molar-refractivity contribution < 1.29 is 0 Å². The van der Waals surface area contributed by atoms with Crippen LogP contribution >= 0.6 is 11.8 Å². The molecule has 0 aromatic heterocycles. The molecule has 2 rings (SSSR count). The van der Waals surface area contributed by atoms with Crippen molar-refractivity contribution in [3.8, 4) is 0 Å². The standard InChI is InChI=1S/C15H30N2S/c1-3-13-5-7-14(8-6-13)17(2)15(11-16)9-4-10-18-12-15/h13-14H,3-12,16H2,1-2H3. The summed E-state index contributed by atoms with van der Waals surface area (Å²) in [4.78, 5) is 2.67. The summed E-state index contributed by atoms with van der Waals surface area (Å²) < 4.78 is 0. The number of hydrogen-bond donors (Lipinski definition) is 1. The maximum atomic E-state index is 6.14. The quantitative estimate of drug-likeness (QED) is 0.851. The van der Waals surface area contributed by atoms with E-state index in [1.165, 1.54) is 56.5 Å². The molecule has 1 saturated carbocycles. The van der Waals surface area contributed by atoms with E-state index in [0.717, 1.165) is 18.5 Å². The summed E-state index contributed by atoms with van der Waals surface area (Å²) in [5.74, 6) is 3.57. The van der Waals surface area contributed by atoms with E-state index in [2.05, 4.69) is 30.6 Å². The van der Waals surface area contributed by atoms with Crippen molar-refractivity contribution in [1.29, 1.82) is 0 Å². The summed E-state index contributed by atoms with van der Waals surface area (Å²) in [5, 5.41) is 0. The largest absolute Gasteiger partial charge is 0.329 e. The molecular formula is C15H30N2S. The summed E-state index contributed by atoms with van der Waals surface area (Å²) in [7, 11) is 2.34. The topological polar surface area (TPSA) is 29.3 Å². The second-order valence-electron chi connectivity index (χ2n) is 6.28. The van der Waals surface area contributed by atoms with Gasteiger partial charge in [-0.1, -0.05) is 13.3 Å². The minimum atomic E-state index is 0.298. The first-order valence-electron chi connectivity index (χ1n) is 7.72. The third kappa shape index (κ3) is 3.05. The molecule has 3 heteroatoms. The first-order chi connectivity index (χ1) is 8.72.